The number of nitrogens with zero attached hydrogens (tertiary/aromatic N) is 3. The van der Waals surface area contributed by atoms with Crippen molar-refractivity contribution in [3.63, 3.8) is 0 Å². The van der Waals surface area contributed by atoms with Gasteiger partial charge in [0.2, 0.25) is 0 Å². The zero-order valence-electron chi connectivity index (χ0n) is 18.6. The average molecular weight is 530 g/mol. The van der Waals surface area contributed by atoms with Gasteiger partial charge in [-0.25, -0.2) is 4.99 Å². The van der Waals surface area contributed by atoms with E-state index in [-0.39, 0.29) is 24.0 Å². The Morgan fingerprint density at radius 1 is 0.900 bits per heavy atom. The third-order valence-corrected chi connectivity index (χ3v) is 5.72. The Morgan fingerprint density at radius 2 is 1.57 bits per heavy atom. The van der Waals surface area contributed by atoms with Crippen LogP contribution < -0.4 is 10.6 Å². The first-order chi connectivity index (χ1) is 14.3. The van der Waals surface area contributed by atoms with E-state index in [2.05, 4.69) is 51.6 Å². The number of guanidine groups is 1. The molecule has 0 bridgehead atoms. The molecule has 1 aromatic rings. The molecule has 0 unspecified atom stereocenters. The van der Waals surface area contributed by atoms with Crippen molar-refractivity contribution in [2.24, 2.45) is 4.99 Å². The molecule has 30 heavy (non-hydrogen) atoms. The fourth-order valence-corrected chi connectivity index (χ4v) is 3.97. The molecule has 0 amide bonds. The van der Waals surface area contributed by atoms with Crippen LogP contribution in [0, 0.1) is 0 Å². The summed E-state index contributed by atoms with van der Waals surface area (Å²) in [6.45, 7) is 12.9. The van der Waals surface area contributed by atoms with Gasteiger partial charge in [0.05, 0.1) is 19.8 Å². The summed E-state index contributed by atoms with van der Waals surface area (Å²) in [6, 6.07) is 9.00. The summed E-state index contributed by atoms with van der Waals surface area (Å²) in [5.74, 6) is 0.898. The summed E-state index contributed by atoms with van der Waals surface area (Å²) in [6.07, 6.45) is 5.47. The van der Waals surface area contributed by atoms with Crippen LogP contribution in [0.1, 0.15) is 43.7 Å². The average Bonchev–Trinajstić information content (AvgIpc) is 3.02. The molecule has 0 saturated carbocycles. The second-order valence-corrected chi connectivity index (χ2v) is 8.08. The van der Waals surface area contributed by atoms with Gasteiger partial charge in [-0.2, -0.15) is 0 Å². The van der Waals surface area contributed by atoms with Gasteiger partial charge in [-0.3, -0.25) is 9.80 Å². The van der Waals surface area contributed by atoms with Gasteiger partial charge < -0.3 is 15.4 Å². The third kappa shape index (κ3) is 9.49. The molecule has 0 radical (unpaired) electrons. The zero-order valence-corrected chi connectivity index (χ0v) is 20.9. The van der Waals surface area contributed by atoms with E-state index < -0.39 is 0 Å². The predicted molar refractivity (Wildman–Crippen MR) is 136 cm³/mol. The molecule has 1 aromatic carbocycles. The molecule has 2 aliphatic heterocycles. The van der Waals surface area contributed by atoms with E-state index in [0.29, 0.717) is 6.54 Å². The van der Waals surface area contributed by atoms with Crippen LogP contribution in [-0.4, -0.2) is 74.8 Å². The number of hydrogen-bond acceptors (Lipinski definition) is 4. The first-order valence-corrected chi connectivity index (χ1v) is 11.5. The monoisotopic (exact) mass is 529 g/mol. The van der Waals surface area contributed by atoms with Crippen LogP contribution in [-0.2, 0) is 17.8 Å². The Labute approximate surface area is 199 Å². The molecule has 0 aliphatic carbocycles. The quantitative estimate of drug-likeness (QED) is 0.308. The Hall–Kier alpha value is -0.900. The molecular weight excluding hydrogens is 489 g/mol. The molecule has 7 heteroatoms. The largest absolute Gasteiger partial charge is 0.379 e. The van der Waals surface area contributed by atoms with Crippen molar-refractivity contribution in [1.29, 1.82) is 0 Å². The van der Waals surface area contributed by atoms with Crippen molar-refractivity contribution in [1.82, 2.24) is 20.4 Å². The molecule has 2 N–H and O–H groups in total. The second-order valence-electron chi connectivity index (χ2n) is 8.08. The van der Waals surface area contributed by atoms with E-state index in [1.54, 1.807) is 0 Å². The van der Waals surface area contributed by atoms with Gasteiger partial charge in [0, 0.05) is 39.3 Å². The van der Waals surface area contributed by atoms with Crippen molar-refractivity contribution in [2.75, 3.05) is 59.0 Å². The molecule has 2 saturated heterocycles. The van der Waals surface area contributed by atoms with Gasteiger partial charge >= 0.3 is 0 Å². The first kappa shape index (κ1) is 25.4. The van der Waals surface area contributed by atoms with Gasteiger partial charge in [-0.15, -0.1) is 24.0 Å². The van der Waals surface area contributed by atoms with Crippen molar-refractivity contribution in [3.05, 3.63) is 35.4 Å². The lowest BCUT2D eigenvalue weighted by atomic mass is 10.1. The summed E-state index contributed by atoms with van der Waals surface area (Å²) in [7, 11) is 0. The highest BCUT2D eigenvalue weighted by atomic mass is 127. The number of morpholine rings is 1. The summed E-state index contributed by atoms with van der Waals surface area (Å²) in [5.41, 5.74) is 2.67. The van der Waals surface area contributed by atoms with Gasteiger partial charge in [0.15, 0.2) is 5.96 Å². The lowest BCUT2D eigenvalue weighted by molar-refractivity contribution is 0.0389. The van der Waals surface area contributed by atoms with Crippen LogP contribution in [0.4, 0.5) is 0 Å². The first-order valence-electron chi connectivity index (χ1n) is 11.5. The van der Waals surface area contributed by atoms with E-state index in [4.69, 9.17) is 9.73 Å². The molecule has 3 rings (SSSR count). The number of rotatable bonds is 8. The lowest BCUT2D eigenvalue weighted by Gasteiger charge is -2.26. The van der Waals surface area contributed by atoms with Crippen LogP contribution in [0.15, 0.2) is 29.3 Å². The summed E-state index contributed by atoms with van der Waals surface area (Å²) in [5, 5.41) is 6.81. The normalized spacial score (nSPS) is 19.0. The zero-order chi connectivity index (χ0) is 20.2. The summed E-state index contributed by atoms with van der Waals surface area (Å²) >= 11 is 0. The molecule has 0 atom stereocenters. The fourth-order valence-electron chi connectivity index (χ4n) is 3.97. The number of aliphatic imine (C=N–C) groups is 1. The van der Waals surface area contributed by atoms with Gasteiger partial charge in [0.25, 0.3) is 0 Å². The van der Waals surface area contributed by atoms with Crippen LogP contribution in [0.25, 0.3) is 0 Å². The van der Waals surface area contributed by atoms with Crippen molar-refractivity contribution in [3.8, 4) is 0 Å². The van der Waals surface area contributed by atoms with E-state index >= 15 is 0 Å². The maximum absolute atomic E-state index is 5.41. The number of likely N-dealkylation sites (tertiary alicyclic amines) is 1. The highest BCUT2D eigenvalue weighted by molar-refractivity contribution is 14.0. The van der Waals surface area contributed by atoms with Crippen LogP contribution in [0.5, 0.6) is 0 Å². The van der Waals surface area contributed by atoms with Gasteiger partial charge in [-0.1, -0.05) is 37.1 Å². The highest BCUT2D eigenvalue weighted by Crippen LogP contribution is 2.14. The molecule has 0 aromatic heterocycles. The van der Waals surface area contributed by atoms with Crippen LogP contribution in [0.2, 0.25) is 0 Å². The molecule has 2 aliphatic rings. The van der Waals surface area contributed by atoms with Crippen molar-refractivity contribution >= 4 is 29.9 Å². The van der Waals surface area contributed by atoms with Crippen molar-refractivity contribution < 1.29 is 4.74 Å². The Balaban J connectivity index is 0.00000320. The Kier molecular flexibility index (Phi) is 12.7. The third-order valence-electron chi connectivity index (χ3n) is 5.72. The molecule has 2 fully saturated rings. The molecule has 6 nitrogen and oxygen atoms in total. The van der Waals surface area contributed by atoms with Gasteiger partial charge in [0.1, 0.15) is 0 Å². The smallest absolute Gasteiger partial charge is 0.191 e. The summed E-state index contributed by atoms with van der Waals surface area (Å²) < 4.78 is 5.41. The topological polar surface area (TPSA) is 52.1 Å². The van der Waals surface area contributed by atoms with Crippen LogP contribution >= 0.6 is 24.0 Å². The van der Waals surface area contributed by atoms with Gasteiger partial charge in [-0.05, 0) is 44.0 Å². The van der Waals surface area contributed by atoms with E-state index in [9.17, 15) is 0 Å². The molecular formula is C23H40IN5O. The highest BCUT2D eigenvalue weighted by Gasteiger charge is 2.10. The van der Waals surface area contributed by atoms with E-state index in [1.807, 2.05) is 0 Å². The minimum absolute atomic E-state index is 0. The van der Waals surface area contributed by atoms with E-state index in [0.717, 1.165) is 58.4 Å². The fraction of sp³-hybridized carbons (Fsp3) is 0.696. The summed E-state index contributed by atoms with van der Waals surface area (Å²) in [4.78, 5) is 9.80. The van der Waals surface area contributed by atoms with Crippen molar-refractivity contribution in [2.45, 2.75) is 45.7 Å². The second kappa shape index (κ2) is 15.0. The molecule has 2 heterocycles. The SMILES string of the molecule is CCNC(=NCc1ccc(CN2CCCCCC2)cc1)NCCN1CCOCC1.I. The maximum Gasteiger partial charge on any atom is 0.191 e. The van der Waals surface area contributed by atoms with E-state index in [1.165, 1.54) is 49.9 Å². The molecule has 170 valence electrons. The maximum atomic E-state index is 5.41. The number of halogens is 1. The standard InChI is InChI=1S/C23H39N5O.HI/c1-2-24-23(25-11-14-27-15-17-29-18-16-27)26-19-21-7-9-22(10-8-21)20-28-12-5-3-4-6-13-28;/h7-10H,2-6,11-20H2,1H3,(H2,24,25,26);1H. The Morgan fingerprint density at radius 3 is 2.23 bits per heavy atom. The number of benzene rings is 1. The molecule has 0 spiro atoms. The lowest BCUT2D eigenvalue weighted by Crippen LogP contribution is -2.44. The van der Waals surface area contributed by atoms with Crippen LogP contribution in [0.3, 0.4) is 0 Å². The Bertz CT molecular complexity index is 596. The number of ether oxygens (including phenoxy) is 1. The predicted octanol–water partition coefficient (Wildman–Crippen LogP) is 3.07. The number of nitrogens with one attached hydrogen (secondary N) is 2. The minimum Gasteiger partial charge on any atom is -0.379 e. The number of hydrogen-bond donors (Lipinski definition) is 2. The minimum atomic E-state index is 0.